The van der Waals surface area contributed by atoms with Crippen molar-refractivity contribution in [2.45, 2.75) is 13.5 Å². The third-order valence-corrected chi connectivity index (χ3v) is 5.25. The van der Waals surface area contributed by atoms with Crippen molar-refractivity contribution < 1.29 is 0 Å². The molecule has 0 aliphatic heterocycles. The quantitative estimate of drug-likeness (QED) is 0.349. The van der Waals surface area contributed by atoms with E-state index in [2.05, 4.69) is 36.4 Å². The topological polar surface area (TPSA) is 97.1 Å². The fourth-order valence-electron chi connectivity index (χ4n) is 3.06. The van der Waals surface area contributed by atoms with E-state index in [4.69, 9.17) is 0 Å². The lowest BCUT2D eigenvalue weighted by molar-refractivity contribution is 0.808. The second-order valence-electron chi connectivity index (χ2n) is 6.92. The van der Waals surface area contributed by atoms with Gasteiger partial charge in [0.1, 0.15) is 0 Å². The van der Waals surface area contributed by atoms with Crippen LogP contribution in [0, 0.1) is 6.92 Å². The summed E-state index contributed by atoms with van der Waals surface area (Å²) in [4.78, 5) is 31.4. The normalized spacial score (nSPS) is 11.4. The molecule has 4 aromatic rings. The Hall–Kier alpha value is -3.46. The monoisotopic (exact) mass is 466 g/mol. The van der Waals surface area contributed by atoms with Crippen LogP contribution in [-0.4, -0.2) is 25.3 Å². The molecule has 0 amide bonds. The van der Waals surface area contributed by atoms with Gasteiger partial charge in [-0.2, -0.15) is 10.1 Å². The van der Waals surface area contributed by atoms with Gasteiger partial charge in [-0.15, -0.1) is 0 Å². The average molecular weight is 467 g/mol. The van der Waals surface area contributed by atoms with Gasteiger partial charge in [0.2, 0.25) is 5.95 Å². The molecular weight excluding hydrogens is 448 g/mol. The highest BCUT2D eigenvalue weighted by atomic mass is 79.9. The Morgan fingerprint density at radius 3 is 2.53 bits per heavy atom. The first-order valence-electron chi connectivity index (χ1n) is 9.22. The molecule has 2 aromatic carbocycles. The molecule has 9 heteroatoms. The number of benzene rings is 2. The molecule has 2 N–H and O–H groups in total. The first-order valence-corrected chi connectivity index (χ1v) is 10.0. The molecule has 0 radical (unpaired) electrons. The van der Waals surface area contributed by atoms with E-state index in [1.807, 2.05) is 55.5 Å². The van der Waals surface area contributed by atoms with E-state index in [9.17, 15) is 9.59 Å². The Bertz CT molecular complexity index is 1350. The first-order chi connectivity index (χ1) is 14.4. The maximum atomic E-state index is 12.6. The predicted octanol–water partition coefficient (Wildman–Crippen LogP) is 2.99. The van der Waals surface area contributed by atoms with Gasteiger partial charge in [0.15, 0.2) is 11.2 Å². The minimum atomic E-state index is -0.516. The number of hydrogen-bond donors (Lipinski definition) is 2. The van der Waals surface area contributed by atoms with Crippen LogP contribution in [0.2, 0.25) is 0 Å². The summed E-state index contributed by atoms with van der Waals surface area (Å²) < 4.78 is 4.01. The second-order valence-corrected chi connectivity index (χ2v) is 7.83. The van der Waals surface area contributed by atoms with Gasteiger partial charge in [0, 0.05) is 11.5 Å². The Morgan fingerprint density at radius 2 is 1.83 bits per heavy atom. The molecule has 30 heavy (non-hydrogen) atoms. The molecule has 0 atom stereocenters. The van der Waals surface area contributed by atoms with Gasteiger partial charge in [-0.3, -0.25) is 18.9 Å². The van der Waals surface area contributed by atoms with Gasteiger partial charge >= 0.3 is 5.69 Å². The zero-order valence-corrected chi connectivity index (χ0v) is 18.0. The van der Waals surface area contributed by atoms with E-state index in [0.717, 1.165) is 21.2 Å². The molecule has 8 nitrogen and oxygen atoms in total. The number of fused-ring (bicyclic) bond motifs is 1. The smallest absolute Gasteiger partial charge is 0.298 e. The molecule has 0 saturated carbocycles. The number of nitrogens with zero attached hydrogens (tertiary/aromatic N) is 4. The summed E-state index contributed by atoms with van der Waals surface area (Å²) in [5, 5.41) is 4.26. The minimum Gasteiger partial charge on any atom is -0.298 e. The third kappa shape index (κ3) is 3.97. The molecular formula is C21H19BrN6O2. The zero-order valence-electron chi connectivity index (χ0n) is 16.4. The van der Waals surface area contributed by atoms with Crippen molar-refractivity contribution in [1.29, 1.82) is 0 Å². The number of aromatic nitrogens is 4. The largest absolute Gasteiger partial charge is 0.329 e. The number of aryl methyl sites for hydroxylation is 2. The fraction of sp³-hybridized carbons (Fsp3) is 0.143. The summed E-state index contributed by atoms with van der Waals surface area (Å²) in [6.07, 6.45) is 1.66. The van der Waals surface area contributed by atoms with E-state index in [0.29, 0.717) is 18.0 Å². The van der Waals surface area contributed by atoms with Crippen LogP contribution in [0.3, 0.4) is 0 Å². The van der Waals surface area contributed by atoms with Gasteiger partial charge in [-0.05, 0) is 30.2 Å². The Kier molecular flexibility index (Phi) is 5.37. The molecule has 0 bridgehead atoms. The van der Waals surface area contributed by atoms with Gasteiger partial charge < -0.3 is 0 Å². The van der Waals surface area contributed by atoms with Gasteiger partial charge in [-0.1, -0.05) is 57.9 Å². The minimum absolute atomic E-state index is 0.289. The van der Waals surface area contributed by atoms with Crippen molar-refractivity contribution in [3.8, 4) is 0 Å². The van der Waals surface area contributed by atoms with Crippen molar-refractivity contribution in [2.24, 2.45) is 12.1 Å². The molecule has 0 fully saturated rings. The van der Waals surface area contributed by atoms with Crippen LogP contribution in [0.1, 0.15) is 16.7 Å². The van der Waals surface area contributed by atoms with E-state index >= 15 is 0 Å². The van der Waals surface area contributed by atoms with Crippen LogP contribution >= 0.6 is 15.9 Å². The summed E-state index contributed by atoms with van der Waals surface area (Å²) in [7, 11) is 1.57. The number of rotatable bonds is 5. The second kappa shape index (κ2) is 8.11. The summed E-state index contributed by atoms with van der Waals surface area (Å²) in [5.41, 5.74) is 5.54. The van der Waals surface area contributed by atoms with Crippen LogP contribution in [-0.2, 0) is 13.6 Å². The van der Waals surface area contributed by atoms with E-state index in [1.54, 1.807) is 17.8 Å². The highest BCUT2D eigenvalue weighted by Gasteiger charge is 2.17. The van der Waals surface area contributed by atoms with Crippen LogP contribution in [0.15, 0.2) is 67.7 Å². The number of hydrogen-bond acceptors (Lipinski definition) is 5. The first kappa shape index (κ1) is 19.8. The van der Waals surface area contributed by atoms with Crippen LogP contribution in [0.4, 0.5) is 5.95 Å². The third-order valence-electron chi connectivity index (χ3n) is 4.72. The zero-order chi connectivity index (χ0) is 21.3. The lowest BCUT2D eigenvalue weighted by Crippen LogP contribution is -2.29. The van der Waals surface area contributed by atoms with E-state index in [1.165, 1.54) is 4.57 Å². The van der Waals surface area contributed by atoms with Crippen molar-refractivity contribution in [3.05, 3.63) is 90.5 Å². The average Bonchev–Trinajstić information content (AvgIpc) is 3.08. The number of nitrogens with one attached hydrogen (secondary N) is 2. The van der Waals surface area contributed by atoms with Crippen molar-refractivity contribution in [2.75, 3.05) is 5.43 Å². The number of aromatic amines is 1. The number of imidazole rings is 1. The Labute approximate surface area is 180 Å². The van der Waals surface area contributed by atoms with Crippen molar-refractivity contribution in [1.82, 2.24) is 19.1 Å². The molecule has 4 rings (SSSR count). The van der Waals surface area contributed by atoms with Crippen LogP contribution in [0.25, 0.3) is 11.2 Å². The Balaban J connectivity index is 1.77. The van der Waals surface area contributed by atoms with Crippen LogP contribution in [0.5, 0.6) is 0 Å². The predicted molar refractivity (Wildman–Crippen MR) is 121 cm³/mol. The lowest BCUT2D eigenvalue weighted by Gasteiger charge is -2.08. The molecule has 152 valence electrons. The number of hydrazone groups is 1. The summed E-state index contributed by atoms with van der Waals surface area (Å²) in [6.45, 7) is 2.41. The number of anilines is 1. The summed E-state index contributed by atoms with van der Waals surface area (Å²) >= 11 is 3.40. The van der Waals surface area contributed by atoms with E-state index < -0.39 is 11.2 Å². The highest BCUT2D eigenvalue weighted by molar-refractivity contribution is 9.10. The van der Waals surface area contributed by atoms with Crippen LogP contribution < -0.4 is 16.7 Å². The van der Waals surface area contributed by atoms with E-state index in [-0.39, 0.29) is 5.65 Å². The van der Waals surface area contributed by atoms with Gasteiger partial charge in [0.25, 0.3) is 5.56 Å². The Morgan fingerprint density at radius 1 is 1.13 bits per heavy atom. The summed E-state index contributed by atoms with van der Waals surface area (Å²) in [5.74, 6) is 0.366. The SMILES string of the molecule is Cc1ccc(Cn2c(NN=Cc3ccc(Br)cc3)nc3c2c(=O)[nH]c(=O)n3C)cc1. The molecule has 0 saturated heterocycles. The van der Waals surface area contributed by atoms with Crippen molar-refractivity contribution >= 4 is 39.3 Å². The van der Waals surface area contributed by atoms with Gasteiger partial charge in [0.05, 0.1) is 12.8 Å². The van der Waals surface area contributed by atoms with Gasteiger partial charge in [-0.25, -0.2) is 10.2 Å². The molecule has 2 heterocycles. The molecule has 0 aliphatic rings. The maximum absolute atomic E-state index is 12.6. The highest BCUT2D eigenvalue weighted by Crippen LogP contribution is 2.18. The summed E-state index contributed by atoms with van der Waals surface area (Å²) in [6, 6.07) is 15.7. The lowest BCUT2D eigenvalue weighted by atomic mass is 10.1. The molecule has 0 unspecified atom stereocenters. The molecule has 2 aromatic heterocycles. The van der Waals surface area contributed by atoms with Crippen molar-refractivity contribution in [3.63, 3.8) is 0 Å². The standard InChI is InChI=1S/C21H19BrN6O2/c1-13-3-5-15(6-4-13)12-28-17-18(27(2)21(30)25-19(17)29)24-20(28)26-23-11-14-7-9-16(22)10-8-14/h3-11H,12H2,1-2H3,(H,24,26)(H,25,29,30). The fourth-order valence-corrected chi connectivity index (χ4v) is 3.33. The number of halogens is 1. The maximum Gasteiger partial charge on any atom is 0.329 e. The number of H-pyrrole nitrogens is 1. The molecule has 0 spiro atoms. The molecule has 0 aliphatic carbocycles.